The molecule has 0 radical (unpaired) electrons. The summed E-state index contributed by atoms with van der Waals surface area (Å²) in [5, 5.41) is 1.28. The summed E-state index contributed by atoms with van der Waals surface area (Å²) in [5.41, 5.74) is 3.68. The maximum atomic E-state index is 5.69. The molecule has 1 aliphatic rings. The molecule has 16 heavy (non-hydrogen) atoms. The second-order valence-electron chi connectivity index (χ2n) is 4.27. The van der Waals surface area contributed by atoms with E-state index in [0.717, 1.165) is 22.5 Å². The molecule has 0 saturated carbocycles. The zero-order valence-corrected chi connectivity index (χ0v) is 10.2. The molecule has 0 unspecified atom stereocenters. The summed E-state index contributed by atoms with van der Waals surface area (Å²) in [4.78, 5) is 0. The molecule has 0 spiro atoms. The lowest BCUT2D eigenvalue weighted by Crippen LogP contribution is -2.17. The minimum Gasteiger partial charge on any atom is -0.490 e. The van der Waals surface area contributed by atoms with Gasteiger partial charge in [-0.05, 0) is 37.1 Å². The van der Waals surface area contributed by atoms with Crippen LogP contribution in [0, 0.1) is 18.5 Å². The zero-order valence-electron chi connectivity index (χ0n) is 9.41. The molecule has 0 amide bonds. The quantitative estimate of drug-likeness (QED) is 0.645. The van der Waals surface area contributed by atoms with Gasteiger partial charge in [-0.3, -0.25) is 0 Å². The maximum absolute atomic E-state index is 5.69. The number of pyridine rings is 1. The van der Waals surface area contributed by atoms with Gasteiger partial charge in [0.05, 0.1) is 12.1 Å². The highest BCUT2D eigenvalue weighted by atomic mass is 32.1. The van der Waals surface area contributed by atoms with Gasteiger partial charge >= 0.3 is 0 Å². The predicted molar refractivity (Wildman–Crippen MR) is 67.7 cm³/mol. The summed E-state index contributed by atoms with van der Waals surface area (Å²) in [6.07, 6.45) is 0. The Balaban J connectivity index is 2.62. The predicted octanol–water partition coefficient (Wildman–Crippen LogP) is 3.38. The molecule has 0 bridgehead atoms. The molecule has 3 heteroatoms. The van der Waals surface area contributed by atoms with Crippen LogP contribution in [0.15, 0.2) is 18.2 Å². The topological polar surface area (TPSA) is 14.2 Å². The van der Waals surface area contributed by atoms with Crippen LogP contribution < -0.4 is 4.74 Å². The van der Waals surface area contributed by atoms with Crippen molar-refractivity contribution in [2.45, 2.75) is 20.4 Å². The van der Waals surface area contributed by atoms with E-state index in [-0.39, 0.29) is 0 Å². The van der Waals surface area contributed by atoms with Crippen LogP contribution in [0.5, 0.6) is 5.75 Å². The average Bonchev–Trinajstić information content (AvgIpc) is 2.26. The number of nitrogens with zero attached hydrogens (tertiary/aromatic N) is 1. The number of aryl methyl sites for hydroxylation is 2. The summed E-state index contributed by atoms with van der Waals surface area (Å²) in [6, 6.07) is 6.24. The van der Waals surface area contributed by atoms with Crippen molar-refractivity contribution in [1.29, 1.82) is 0 Å². The first-order chi connectivity index (χ1) is 7.68. The van der Waals surface area contributed by atoms with Crippen molar-refractivity contribution in [3.63, 3.8) is 0 Å². The molecule has 1 aromatic heterocycles. The Morgan fingerprint density at radius 3 is 2.88 bits per heavy atom. The molecule has 3 rings (SSSR count). The molecule has 0 aliphatic carbocycles. The third-order valence-corrected chi connectivity index (χ3v) is 3.53. The normalized spacial score (nSPS) is 13.9. The standard InChI is InChI=1S/C13H13NOS/c1-8-3-4-10-13-12(8)9(2)7-11(16)14(13)5-6-15-10/h3-4,7H,5-6H2,1-2H3. The van der Waals surface area contributed by atoms with Crippen LogP contribution in [0.25, 0.3) is 10.9 Å². The summed E-state index contributed by atoms with van der Waals surface area (Å²) in [6.45, 7) is 5.81. The van der Waals surface area contributed by atoms with Gasteiger partial charge in [0.15, 0.2) is 0 Å². The van der Waals surface area contributed by atoms with Gasteiger partial charge in [0.25, 0.3) is 0 Å². The lowest BCUT2D eigenvalue weighted by atomic mass is 10.0. The van der Waals surface area contributed by atoms with Gasteiger partial charge in [-0.15, -0.1) is 0 Å². The van der Waals surface area contributed by atoms with Crippen molar-refractivity contribution in [2.24, 2.45) is 0 Å². The molecular weight excluding hydrogens is 218 g/mol. The van der Waals surface area contributed by atoms with Crippen LogP contribution >= 0.6 is 12.2 Å². The zero-order chi connectivity index (χ0) is 11.3. The minimum absolute atomic E-state index is 0.711. The SMILES string of the molecule is Cc1ccc2c3c1c(C)cc(=S)n3CCO2. The lowest BCUT2D eigenvalue weighted by molar-refractivity contribution is 0.285. The molecule has 0 N–H and O–H groups in total. The number of rotatable bonds is 0. The minimum atomic E-state index is 0.711. The maximum Gasteiger partial charge on any atom is 0.143 e. The van der Waals surface area contributed by atoms with E-state index in [4.69, 9.17) is 17.0 Å². The van der Waals surface area contributed by atoms with Crippen LogP contribution in [0.2, 0.25) is 0 Å². The van der Waals surface area contributed by atoms with E-state index in [1.807, 2.05) is 6.07 Å². The van der Waals surface area contributed by atoms with E-state index in [0.29, 0.717) is 6.61 Å². The molecule has 1 aromatic carbocycles. The summed E-state index contributed by atoms with van der Waals surface area (Å²) in [5.74, 6) is 0.960. The van der Waals surface area contributed by atoms with E-state index in [1.165, 1.54) is 16.5 Å². The molecule has 2 nitrogen and oxygen atoms in total. The Morgan fingerprint density at radius 2 is 2.06 bits per heavy atom. The number of benzene rings is 1. The smallest absolute Gasteiger partial charge is 0.143 e. The number of hydrogen-bond donors (Lipinski definition) is 0. The molecule has 2 aromatic rings. The molecule has 2 heterocycles. The van der Waals surface area contributed by atoms with Crippen molar-refractivity contribution in [2.75, 3.05) is 6.61 Å². The van der Waals surface area contributed by atoms with Gasteiger partial charge in [0, 0.05) is 5.39 Å². The van der Waals surface area contributed by atoms with Crippen LogP contribution in [0.4, 0.5) is 0 Å². The first-order valence-electron chi connectivity index (χ1n) is 5.45. The second-order valence-corrected chi connectivity index (χ2v) is 4.69. The lowest BCUT2D eigenvalue weighted by Gasteiger charge is -2.22. The number of hydrogen-bond acceptors (Lipinski definition) is 2. The summed E-state index contributed by atoms with van der Waals surface area (Å²) < 4.78 is 8.78. The summed E-state index contributed by atoms with van der Waals surface area (Å²) in [7, 11) is 0. The Morgan fingerprint density at radius 1 is 1.25 bits per heavy atom. The van der Waals surface area contributed by atoms with Gasteiger partial charge in [0.2, 0.25) is 0 Å². The van der Waals surface area contributed by atoms with Crippen molar-refractivity contribution in [3.05, 3.63) is 34.0 Å². The fourth-order valence-corrected chi connectivity index (χ4v) is 2.83. The molecule has 1 aliphatic heterocycles. The molecular formula is C13H13NOS. The van der Waals surface area contributed by atoms with Crippen LogP contribution in [0.3, 0.4) is 0 Å². The average molecular weight is 231 g/mol. The first kappa shape index (κ1) is 9.85. The second kappa shape index (κ2) is 3.32. The van der Waals surface area contributed by atoms with Gasteiger partial charge in [-0.1, -0.05) is 18.3 Å². The van der Waals surface area contributed by atoms with Gasteiger partial charge in [-0.25, -0.2) is 0 Å². The summed E-state index contributed by atoms with van der Waals surface area (Å²) >= 11 is 5.41. The van der Waals surface area contributed by atoms with Crippen LogP contribution in [0.1, 0.15) is 11.1 Å². The van der Waals surface area contributed by atoms with E-state index in [2.05, 4.69) is 30.5 Å². The van der Waals surface area contributed by atoms with Gasteiger partial charge < -0.3 is 9.30 Å². The molecule has 0 saturated heterocycles. The number of aromatic nitrogens is 1. The van der Waals surface area contributed by atoms with E-state index in [9.17, 15) is 0 Å². The van der Waals surface area contributed by atoms with E-state index in [1.54, 1.807) is 0 Å². The van der Waals surface area contributed by atoms with Crippen molar-refractivity contribution < 1.29 is 4.74 Å². The Labute approximate surface area is 99.5 Å². The highest BCUT2D eigenvalue weighted by molar-refractivity contribution is 7.71. The fraction of sp³-hybridized carbons (Fsp3) is 0.308. The van der Waals surface area contributed by atoms with Crippen LogP contribution in [-0.2, 0) is 6.54 Å². The van der Waals surface area contributed by atoms with Gasteiger partial charge in [-0.2, -0.15) is 0 Å². The van der Waals surface area contributed by atoms with E-state index >= 15 is 0 Å². The van der Waals surface area contributed by atoms with Crippen molar-refractivity contribution >= 4 is 23.1 Å². The third kappa shape index (κ3) is 1.21. The Kier molecular flexibility index (Phi) is 2.04. The molecule has 0 fully saturated rings. The molecule has 82 valence electrons. The molecule has 0 atom stereocenters. The number of ether oxygens (including phenoxy) is 1. The van der Waals surface area contributed by atoms with Crippen molar-refractivity contribution in [3.8, 4) is 5.75 Å². The van der Waals surface area contributed by atoms with E-state index < -0.39 is 0 Å². The fourth-order valence-electron chi connectivity index (χ4n) is 2.47. The highest BCUT2D eigenvalue weighted by Gasteiger charge is 2.15. The van der Waals surface area contributed by atoms with Gasteiger partial charge in [0.1, 0.15) is 17.0 Å². The largest absolute Gasteiger partial charge is 0.490 e. The third-order valence-electron chi connectivity index (χ3n) is 3.19. The monoisotopic (exact) mass is 231 g/mol. The Hall–Kier alpha value is -1.35. The van der Waals surface area contributed by atoms with Crippen molar-refractivity contribution in [1.82, 2.24) is 4.57 Å². The Bertz CT molecular complexity index is 642. The first-order valence-corrected chi connectivity index (χ1v) is 5.86. The van der Waals surface area contributed by atoms with Crippen LogP contribution in [-0.4, -0.2) is 11.2 Å². The highest BCUT2D eigenvalue weighted by Crippen LogP contribution is 2.33.